The first-order valence-corrected chi connectivity index (χ1v) is 7.86. The third kappa shape index (κ3) is 3.24. The van der Waals surface area contributed by atoms with Gasteiger partial charge in [-0.05, 0) is 47.7 Å². The first-order valence-electron chi connectivity index (χ1n) is 5.75. The number of carbonyl (C=O) groups is 1. The van der Waals surface area contributed by atoms with Gasteiger partial charge in [-0.1, -0.05) is 0 Å². The van der Waals surface area contributed by atoms with Gasteiger partial charge in [-0.2, -0.15) is 0 Å². The average molecular weight is 337 g/mol. The lowest BCUT2D eigenvalue weighted by Gasteiger charge is -2.33. The molecule has 1 aliphatic heterocycles. The molecule has 1 aromatic rings. The van der Waals surface area contributed by atoms with Gasteiger partial charge in [0.2, 0.25) is 0 Å². The van der Waals surface area contributed by atoms with Gasteiger partial charge in [0.05, 0.1) is 9.35 Å². The maximum absolute atomic E-state index is 12.2. The number of thiophene rings is 1. The topological polar surface area (TPSA) is 20.3 Å². The summed E-state index contributed by atoms with van der Waals surface area (Å²) in [6.45, 7) is 3.70. The van der Waals surface area contributed by atoms with Crippen molar-refractivity contribution in [2.75, 3.05) is 13.1 Å². The zero-order chi connectivity index (χ0) is 12.4. The van der Waals surface area contributed by atoms with E-state index in [0.29, 0.717) is 5.92 Å². The monoisotopic (exact) mass is 335 g/mol. The second kappa shape index (κ2) is 5.72. The molecular formula is C12H15BrClNOS. The van der Waals surface area contributed by atoms with Gasteiger partial charge in [0.15, 0.2) is 0 Å². The van der Waals surface area contributed by atoms with Gasteiger partial charge in [0.1, 0.15) is 0 Å². The Hall–Kier alpha value is -0.0600. The summed E-state index contributed by atoms with van der Waals surface area (Å²) in [5.41, 5.74) is 0.791. The highest BCUT2D eigenvalue weighted by molar-refractivity contribution is 9.11. The smallest absolute Gasteiger partial charge is 0.254 e. The Morgan fingerprint density at radius 2 is 2.24 bits per heavy atom. The van der Waals surface area contributed by atoms with Crippen molar-refractivity contribution >= 4 is 44.8 Å². The standard InChI is InChI=1S/C12H15BrClNOS/c1-8(14)9-2-4-15(5-3-9)12(16)10-6-11(13)17-7-10/h6-9H,2-5H2,1H3. The van der Waals surface area contributed by atoms with Crippen LogP contribution in [0.1, 0.15) is 30.1 Å². The van der Waals surface area contributed by atoms with E-state index >= 15 is 0 Å². The van der Waals surface area contributed by atoms with Crippen molar-refractivity contribution in [3.63, 3.8) is 0 Å². The minimum Gasteiger partial charge on any atom is -0.339 e. The van der Waals surface area contributed by atoms with Crippen molar-refractivity contribution in [3.05, 3.63) is 20.8 Å². The molecule has 0 aromatic carbocycles. The number of halogens is 2. The summed E-state index contributed by atoms with van der Waals surface area (Å²) in [6.07, 6.45) is 2.03. The van der Waals surface area contributed by atoms with E-state index in [0.717, 1.165) is 35.3 Å². The van der Waals surface area contributed by atoms with Gasteiger partial charge >= 0.3 is 0 Å². The fraction of sp³-hybridized carbons (Fsp3) is 0.583. The molecule has 1 atom stereocenters. The molecule has 1 fully saturated rings. The maximum Gasteiger partial charge on any atom is 0.254 e. The largest absolute Gasteiger partial charge is 0.339 e. The van der Waals surface area contributed by atoms with E-state index in [9.17, 15) is 4.79 Å². The summed E-state index contributed by atoms with van der Waals surface area (Å²) in [5, 5.41) is 2.12. The second-order valence-corrected chi connectivity index (χ2v) is 7.43. The Morgan fingerprint density at radius 3 is 2.71 bits per heavy atom. The van der Waals surface area contributed by atoms with Crippen LogP contribution in [0.4, 0.5) is 0 Å². The van der Waals surface area contributed by atoms with Crippen LogP contribution < -0.4 is 0 Å². The van der Waals surface area contributed by atoms with Crippen LogP contribution in [0.2, 0.25) is 0 Å². The van der Waals surface area contributed by atoms with E-state index in [-0.39, 0.29) is 11.3 Å². The fourth-order valence-corrected chi connectivity index (χ4v) is 3.55. The van der Waals surface area contributed by atoms with Crippen LogP contribution in [0, 0.1) is 5.92 Å². The molecule has 94 valence electrons. The molecule has 1 saturated heterocycles. The molecule has 0 bridgehead atoms. The number of hydrogen-bond donors (Lipinski definition) is 0. The van der Waals surface area contributed by atoms with Crippen LogP contribution in [-0.2, 0) is 0 Å². The summed E-state index contributed by atoms with van der Waals surface area (Å²) < 4.78 is 1.00. The molecule has 0 radical (unpaired) electrons. The molecule has 0 saturated carbocycles. The molecule has 1 aliphatic rings. The van der Waals surface area contributed by atoms with Gasteiger partial charge in [-0.25, -0.2) is 0 Å². The van der Waals surface area contributed by atoms with E-state index in [4.69, 9.17) is 11.6 Å². The van der Waals surface area contributed by atoms with Crippen molar-refractivity contribution in [1.82, 2.24) is 4.90 Å². The number of likely N-dealkylation sites (tertiary alicyclic amines) is 1. The minimum atomic E-state index is 0.146. The first kappa shape index (κ1) is 13.4. The van der Waals surface area contributed by atoms with Crippen LogP contribution >= 0.6 is 38.9 Å². The van der Waals surface area contributed by atoms with E-state index in [2.05, 4.69) is 15.9 Å². The van der Waals surface area contributed by atoms with Crippen LogP contribution in [-0.4, -0.2) is 29.3 Å². The number of piperidine rings is 1. The fourth-order valence-electron chi connectivity index (χ4n) is 2.17. The Balaban J connectivity index is 1.95. The lowest BCUT2D eigenvalue weighted by atomic mass is 9.94. The third-order valence-corrected chi connectivity index (χ3v) is 5.15. The van der Waals surface area contributed by atoms with Crippen LogP contribution in [0.5, 0.6) is 0 Å². The van der Waals surface area contributed by atoms with Crippen molar-refractivity contribution in [2.24, 2.45) is 5.92 Å². The lowest BCUT2D eigenvalue weighted by Crippen LogP contribution is -2.39. The highest BCUT2D eigenvalue weighted by atomic mass is 79.9. The Labute approximate surface area is 119 Å². The predicted molar refractivity (Wildman–Crippen MR) is 76.0 cm³/mol. The molecule has 0 aliphatic carbocycles. The number of rotatable bonds is 2. The van der Waals surface area contributed by atoms with Crippen molar-refractivity contribution in [1.29, 1.82) is 0 Å². The average Bonchev–Trinajstić information content (AvgIpc) is 2.75. The summed E-state index contributed by atoms with van der Waals surface area (Å²) in [4.78, 5) is 14.1. The molecule has 2 nitrogen and oxygen atoms in total. The molecule has 1 unspecified atom stereocenters. The number of hydrogen-bond acceptors (Lipinski definition) is 2. The van der Waals surface area contributed by atoms with Crippen LogP contribution in [0.15, 0.2) is 15.2 Å². The molecule has 2 rings (SSSR count). The molecule has 2 heterocycles. The van der Waals surface area contributed by atoms with E-state index in [1.165, 1.54) is 0 Å². The predicted octanol–water partition coefficient (Wildman–Crippen LogP) is 3.99. The Morgan fingerprint density at radius 1 is 1.59 bits per heavy atom. The molecule has 5 heteroatoms. The maximum atomic E-state index is 12.2. The van der Waals surface area contributed by atoms with Crippen molar-refractivity contribution < 1.29 is 4.79 Å². The van der Waals surface area contributed by atoms with Gasteiger partial charge < -0.3 is 4.90 Å². The number of nitrogens with zero attached hydrogens (tertiary/aromatic N) is 1. The Bertz CT molecular complexity index is 399. The number of amides is 1. The van der Waals surface area contributed by atoms with E-state index < -0.39 is 0 Å². The quantitative estimate of drug-likeness (QED) is 0.748. The van der Waals surface area contributed by atoms with Gasteiger partial charge in [-0.3, -0.25) is 4.79 Å². The lowest BCUT2D eigenvalue weighted by molar-refractivity contribution is 0.0690. The van der Waals surface area contributed by atoms with E-state index in [1.54, 1.807) is 11.3 Å². The van der Waals surface area contributed by atoms with Crippen LogP contribution in [0.25, 0.3) is 0 Å². The summed E-state index contributed by atoms with van der Waals surface area (Å²) in [5.74, 6) is 0.697. The zero-order valence-electron chi connectivity index (χ0n) is 9.66. The molecule has 0 spiro atoms. The molecule has 1 amide bonds. The highest BCUT2D eigenvalue weighted by Crippen LogP contribution is 2.26. The molecule has 1 aromatic heterocycles. The summed E-state index contributed by atoms with van der Waals surface area (Å²) in [7, 11) is 0. The van der Waals surface area contributed by atoms with Crippen molar-refractivity contribution in [2.45, 2.75) is 25.1 Å². The Kier molecular flexibility index (Phi) is 4.50. The van der Waals surface area contributed by atoms with Gasteiger partial charge in [0.25, 0.3) is 5.91 Å². The zero-order valence-corrected chi connectivity index (χ0v) is 12.8. The molecule has 0 N–H and O–H groups in total. The summed E-state index contributed by atoms with van der Waals surface area (Å²) >= 11 is 11.0. The first-order chi connectivity index (χ1) is 8.08. The summed E-state index contributed by atoms with van der Waals surface area (Å²) in [6, 6.07) is 1.89. The van der Waals surface area contributed by atoms with Crippen molar-refractivity contribution in [3.8, 4) is 0 Å². The second-order valence-electron chi connectivity index (χ2n) is 4.45. The van der Waals surface area contributed by atoms with Gasteiger partial charge in [0, 0.05) is 23.8 Å². The molecular weight excluding hydrogens is 322 g/mol. The third-order valence-electron chi connectivity index (χ3n) is 3.29. The normalized spacial score (nSPS) is 19.4. The molecule has 17 heavy (non-hydrogen) atoms. The van der Waals surface area contributed by atoms with E-state index in [1.807, 2.05) is 23.3 Å². The van der Waals surface area contributed by atoms with Gasteiger partial charge in [-0.15, -0.1) is 22.9 Å². The van der Waals surface area contributed by atoms with Crippen LogP contribution in [0.3, 0.4) is 0 Å². The minimum absolute atomic E-state index is 0.146. The number of carbonyl (C=O) groups excluding carboxylic acids is 1. The SMILES string of the molecule is CC(Cl)C1CCN(C(=O)c2csc(Br)c2)CC1. The highest BCUT2D eigenvalue weighted by Gasteiger charge is 2.26. The number of alkyl halides is 1.